The van der Waals surface area contributed by atoms with Crippen LogP contribution in [0, 0.1) is 5.82 Å². The van der Waals surface area contributed by atoms with Crippen LogP contribution in [0.1, 0.15) is 18.4 Å². The van der Waals surface area contributed by atoms with Crippen molar-refractivity contribution in [2.75, 3.05) is 11.9 Å². The Balaban J connectivity index is 1.80. The first kappa shape index (κ1) is 15.6. The molecule has 3 rings (SSSR count). The number of rotatable bonds is 4. The number of hydrogen-bond acceptors (Lipinski definition) is 3. The predicted octanol–water partition coefficient (Wildman–Crippen LogP) is 2.64. The Bertz CT molecular complexity index is 711. The molecule has 0 bridgehead atoms. The van der Waals surface area contributed by atoms with Crippen molar-refractivity contribution in [2.24, 2.45) is 5.73 Å². The molecule has 0 saturated carbocycles. The van der Waals surface area contributed by atoms with Gasteiger partial charge >= 0.3 is 0 Å². The third-order valence-corrected chi connectivity index (χ3v) is 4.09. The molecule has 1 fully saturated rings. The summed E-state index contributed by atoms with van der Waals surface area (Å²) >= 11 is 0. The number of anilines is 1. The largest absolute Gasteiger partial charge is 0.326 e. The second-order valence-electron chi connectivity index (χ2n) is 5.74. The predicted molar refractivity (Wildman–Crippen MR) is 89.4 cm³/mol. The van der Waals surface area contributed by atoms with Gasteiger partial charge in [-0.2, -0.15) is 0 Å². The average Bonchev–Trinajstić information content (AvgIpc) is 3.09. The molecule has 1 atom stereocenters. The monoisotopic (exact) mass is 313 g/mol. The summed E-state index contributed by atoms with van der Waals surface area (Å²) in [6.07, 6.45) is 1.86. The van der Waals surface area contributed by atoms with E-state index in [4.69, 9.17) is 5.73 Å². The van der Waals surface area contributed by atoms with Crippen molar-refractivity contribution in [3.63, 3.8) is 0 Å². The molecule has 120 valence electrons. The number of carbonyl (C=O) groups excluding carboxylic acids is 1. The first-order valence-electron chi connectivity index (χ1n) is 7.80. The molecule has 0 aliphatic carbocycles. The number of hydrogen-bond donors (Lipinski definition) is 3. The molecule has 0 spiro atoms. The van der Waals surface area contributed by atoms with Crippen LogP contribution in [-0.2, 0) is 11.3 Å². The molecule has 4 nitrogen and oxygen atoms in total. The van der Waals surface area contributed by atoms with Crippen LogP contribution in [0.3, 0.4) is 0 Å². The molecule has 1 saturated heterocycles. The quantitative estimate of drug-likeness (QED) is 0.813. The van der Waals surface area contributed by atoms with Gasteiger partial charge < -0.3 is 16.4 Å². The smallest absolute Gasteiger partial charge is 0.241 e. The SMILES string of the molecule is NCc1ccc(-c2cccc(NC(=O)[C@@H]3CCCN3)c2)c(F)c1. The van der Waals surface area contributed by atoms with E-state index in [0.29, 0.717) is 17.8 Å². The van der Waals surface area contributed by atoms with E-state index in [1.54, 1.807) is 12.1 Å². The van der Waals surface area contributed by atoms with Gasteiger partial charge in [0.2, 0.25) is 5.91 Å². The molecule has 5 heteroatoms. The maximum absolute atomic E-state index is 14.2. The van der Waals surface area contributed by atoms with Gasteiger partial charge in [0.25, 0.3) is 0 Å². The van der Waals surface area contributed by atoms with Crippen LogP contribution >= 0.6 is 0 Å². The van der Waals surface area contributed by atoms with E-state index >= 15 is 0 Å². The number of benzene rings is 2. The number of nitrogens with one attached hydrogen (secondary N) is 2. The van der Waals surface area contributed by atoms with Gasteiger partial charge in [-0.15, -0.1) is 0 Å². The van der Waals surface area contributed by atoms with Crippen molar-refractivity contribution in [1.29, 1.82) is 0 Å². The van der Waals surface area contributed by atoms with Crippen molar-refractivity contribution in [3.8, 4) is 11.1 Å². The summed E-state index contributed by atoms with van der Waals surface area (Å²) in [5.74, 6) is -0.354. The normalized spacial score (nSPS) is 17.2. The van der Waals surface area contributed by atoms with Crippen LogP contribution in [0.4, 0.5) is 10.1 Å². The van der Waals surface area contributed by atoms with Crippen LogP contribution < -0.4 is 16.4 Å². The van der Waals surface area contributed by atoms with Gasteiger partial charge in [0.1, 0.15) is 5.82 Å². The lowest BCUT2D eigenvalue weighted by Gasteiger charge is -2.12. The maximum atomic E-state index is 14.2. The Hall–Kier alpha value is -2.24. The summed E-state index contributed by atoms with van der Waals surface area (Å²) in [6, 6.07) is 12.1. The Morgan fingerprint density at radius 2 is 2.17 bits per heavy atom. The lowest BCUT2D eigenvalue weighted by Crippen LogP contribution is -2.35. The summed E-state index contributed by atoms with van der Waals surface area (Å²) in [5.41, 5.74) is 8.17. The minimum absolute atomic E-state index is 0.0430. The molecular weight excluding hydrogens is 293 g/mol. The summed E-state index contributed by atoms with van der Waals surface area (Å²) in [4.78, 5) is 12.2. The number of carbonyl (C=O) groups is 1. The van der Waals surface area contributed by atoms with E-state index in [0.717, 1.165) is 30.5 Å². The van der Waals surface area contributed by atoms with Crippen LogP contribution in [0.2, 0.25) is 0 Å². The Morgan fingerprint density at radius 3 is 2.87 bits per heavy atom. The third kappa shape index (κ3) is 3.57. The number of halogens is 1. The highest BCUT2D eigenvalue weighted by Gasteiger charge is 2.21. The summed E-state index contributed by atoms with van der Waals surface area (Å²) in [6.45, 7) is 1.18. The fourth-order valence-electron chi connectivity index (χ4n) is 2.82. The van der Waals surface area contributed by atoms with Crippen molar-refractivity contribution in [2.45, 2.75) is 25.4 Å². The minimum Gasteiger partial charge on any atom is -0.326 e. The first-order chi connectivity index (χ1) is 11.2. The zero-order valence-electron chi connectivity index (χ0n) is 12.8. The van der Waals surface area contributed by atoms with Gasteiger partial charge in [-0.3, -0.25) is 4.79 Å². The fraction of sp³-hybridized carbons (Fsp3) is 0.278. The van der Waals surface area contributed by atoms with Crippen molar-refractivity contribution >= 4 is 11.6 Å². The first-order valence-corrected chi connectivity index (χ1v) is 7.80. The zero-order chi connectivity index (χ0) is 16.2. The highest BCUT2D eigenvalue weighted by Crippen LogP contribution is 2.26. The van der Waals surface area contributed by atoms with Crippen LogP contribution in [-0.4, -0.2) is 18.5 Å². The lowest BCUT2D eigenvalue weighted by atomic mass is 10.0. The Labute approximate surface area is 134 Å². The van der Waals surface area contributed by atoms with Crippen LogP contribution in [0.15, 0.2) is 42.5 Å². The maximum Gasteiger partial charge on any atom is 0.241 e. The van der Waals surface area contributed by atoms with Gasteiger partial charge in [-0.1, -0.05) is 24.3 Å². The lowest BCUT2D eigenvalue weighted by molar-refractivity contribution is -0.117. The average molecular weight is 313 g/mol. The molecule has 1 aliphatic heterocycles. The molecule has 0 aromatic heterocycles. The van der Waals surface area contributed by atoms with E-state index in [2.05, 4.69) is 10.6 Å². The van der Waals surface area contributed by atoms with Gasteiger partial charge in [0.15, 0.2) is 0 Å². The number of nitrogens with two attached hydrogens (primary N) is 1. The molecule has 0 unspecified atom stereocenters. The van der Waals surface area contributed by atoms with Crippen LogP contribution in [0.25, 0.3) is 11.1 Å². The van der Waals surface area contributed by atoms with E-state index in [9.17, 15) is 9.18 Å². The van der Waals surface area contributed by atoms with Gasteiger partial charge in [-0.25, -0.2) is 4.39 Å². The van der Waals surface area contributed by atoms with Crippen molar-refractivity contribution in [3.05, 3.63) is 53.8 Å². The topological polar surface area (TPSA) is 67.1 Å². The zero-order valence-corrected chi connectivity index (χ0v) is 12.8. The molecule has 23 heavy (non-hydrogen) atoms. The van der Waals surface area contributed by atoms with Gasteiger partial charge in [-0.05, 0) is 48.7 Å². The molecule has 1 aliphatic rings. The summed E-state index contributed by atoms with van der Waals surface area (Å²) in [5, 5.41) is 6.05. The minimum atomic E-state index is -0.311. The highest BCUT2D eigenvalue weighted by atomic mass is 19.1. The standard InChI is InChI=1S/C18H20FN3O/c19-16-9-12(11-20)6-7-15(16)13-3-1-4-14(10-13)22-18(23)17-5-2-8-21-17/h1,3-4,6-7,9-10,17,21H,2,5,8,11,20H2,(H,22,23)/t17-/m0/s1. The van der Waals surface area contributed by atoms with E-state index < -0.39 is 0 Å². The van der Waals surface area contributed by atoms with E-state index in [1.807, 2.05) is 24.3 Å². The number of amides is 1. The third-order valence-electron chi connectivity index (χ3n) is 4.09. The molecule has 0 radical (unpaired) electrons. The van der Waals surface area contributed by atoms with E-state index in [1.165, 1.54) is 6.07 Å². The van der Waals surface area contributed by atoms with Crippen molar-refractivity contribution < 1.29 is 9.18 Å². The van der Waals surface area contributed by atoms with E-state index in [-0.39, 0.29) is 17.8 Å². The fourth-order valence-corrected chi connectivity index (χ4v) is 2.82. The second kappa shape index (κ2) is 6.89. The van der Waals surface area contributed by atoms with Gasteiger partial charge in [0, 0.05) is 17.8 Å². The summed E-state index contributed by atoms with van der Waals surface area (Å²) < 4.78 is 14.2. The second-order valence-corrected chi connectivity index (χ2v) is 5.74. The molecule has 4 N–H and O–H groups in total. The molecule has 1 heterocycles. The van der Waals surface area contributed by atoms with Crippen LogP contribution in [0.5, 0.6) is 0 Å². The highest BCUT2D eigenvalue weighted by molar-refractivity contribution is 5.95. The molecule has 2 aromatic rings. The van der Waals surface area contributed by atoms with Crippen molar-refractivity contribution in [1.82, 2.24) is 5.32 Å². The Morgan fingerprint density at radius 1 is 1.30 bits per heavy atom. The Kier molecular flexibility index (Phi) is 4.69. The summed E-state index contributed by atoms with van der Waals surface area (Å²) in [7, 11) is 0. The molecule has 1 amide bonds. The molecular formula is C18H20FN3O. The van der Waals surface area contributed by atoms with Gasteiger partial charge in [0.05, 0.1) is 6.04 Å². The molecule has 2 aromatic carbocycles.